The van der Waals surface area contributed by atoms with Gasteiger partial charge >= 0.3 is 5.97 Å². The first-order valence-corrected chi connectivity index (χ1v) is 6.38. The highest BCUT2D eigenvalue weighted by Gasteiger charge is 2.17. The molecule has 0 fully saturated rings. The summed E-state index contributed by atoms with van der Waals surface area (Å²) < 4.78 is 0. The van der Waals surface area contributed by atoms with Crippen LogP contribution in [0, 0.1) is 5.41 Å². The van der Waals surface area contributed by atoms with E-state index in [4.69, 9.17) is 16.7 Å². The number of aromatic carboxylic acids is 1. The molecule has 0 saturated carbocycles. The lowest BCUT2D eigenvalue weighted by Crippen LogP contribution is -2.25. The van der Waals surface area contributed by atoms with Gasteiger partial charge in [-0.25, -0.2) is 9.78 Å². The van der Waals surface area contributed by atoms with Gasteiger partial charge in [-0.1, -0.05) is 32.4 Å². The Morgan fingerprint density at radius 3 is 2.63 bits per heavy atom. The largest absolute Gasteiger partial charge is 0.476 e. The van der Waals surface area contributed by atoms with E-state index in [9.17, 15) is 9.90 Å². The SMILES string of the molecule is CC(C)(C)CC(O)CNc1ccc(Cl)c(C(=O)O)n1. The van der Waals surface area contributed by atoms with Crippen LogP contribution in [0.25, 0.3) is 0 Å². The van der Waals surface area contributed by atoms with Crippen molar-refractivity contribution in [2.75, 3.05) is 11.9 Å². The summed E-state index contributed by atoms with van der Waals surface area (Å²) in [5, 5.41) is 21.7. The van der Waals surface area contributed by atoms with Crippen molar-refractivity contribution in [1.82, 2.24) is 4.98 Å². The minimum absolute atomic E-state index is 0.0285. The van der Waals surface area contributed by atoms with Gasteiger partial charge in [0, 0.05) is 6.54 Å². The Bertz CT molecular complexity index is 458. The van der Waals surface area contributed by atoms with Crippen LogP contribution in [0.1, 0.15) is 37.7 Å². The first-order chi connectivity index (χ1) is 8.69. The number of hydrogen-bond acceptors (Lipinski definition) is 4. The van der Waals surface area contributed by atoms with Gasteiger partial charge in [-0.15, -0.1) is 0 Å². The predicted octanol–water partition coefficient (Wildman–Crippen LogP) is 2.64. The average molecular weight is 287 g/mol. The zero-order valence-corrected chi connectivity index (χ0v) is 12.0. The summed E-state index contributed by atoms with van der Waals surface area (Å²) in [4.78, 5) is 14.8. The summed E-state index contributed by atoms with van der Waals surface area (Å²) in [5.41, 5.74) is -0.169. The van der Waals surface area contributed by atoms with E-state index in [1.54, 1.807) is 6.07 Å². The lowest BCUT2D eigenvalue weighted by atomic mass is 9.89. The number of halogens is 1. The van der Waals surface area contributed by atoms with Crippen LogP contribution in [0.3, 0.4) is 0 Å². The van der Waals surface area contributed by atoms with Gasteiger partial charge in [0.1, 0.15) is 5.82 Å². The van der Waals surface area contributed by atoms with Gasteiger partial charge in [0.15, 0.2) is 5.69 Å². The third-order valence-electron chi connectivity index (χ3n) is 2.42. The molecule has 0 aliphatic carbocycles. The zero-order chi connectivity index (χ0) is 14.6. The number of carbonyl (C=O) groups is 1. The molecule has 1 aromatic heterocycles. The number of hydrogen-bond donors (Lipinski definition) is 3. The highest BCUT2D eigenvalue weighted by atomic mass is 35.5. The minimum Gasteiger partial charge on any atom is -0.476 e. The number of aromatic nitrogens is 1. The van der Waals surface area contributed by atoms with E-state index < -0.39 is 12.1 Å². The van der Waals surface area contributed by atoms with Crippen molar-refractivity contribution in [3.05, 3.63) is 22.8 Å². The molecule has 1 aromatic rings. The van der Waals surface area contributed by atoms with Gasteiger partial charge in [0.05, 0.1) is 11.1 Å². The third kappa shape index (κ3) is 5.44. The summed E-state index contributed by atoms with van der Waals surface area (Å²) in [6.07, 6.45) is 0.116. The Hall–Kier alpha value is -1.33. The van der Waals surface area contributed by atoms with Gasteiger partial charge in [0.2, 0.25) is 0 Å². The lowest BCUT2D eigenvalue weighted by molar-refractivity contribution is 0.0691. The van der Waals surface area contributed by atoms with E-state index in [0.29, 0.717) is 18.8 Å². The molecule has 0 aliphatic rings. The number of rotatable bonds is 5. The number of aliphatic hydroxyl groups is 1. The van der Waals surface area contributed by atoms with Crippen LogP contribution in [-0.4, -0.2) is 33.8 Å². The first kappa shape index (κ1) is 15.7. The van der Waals surface area contributed by atoms with Crippen molar-refractivity contribution in [1.29, 1.82) is 0 Å². The number of pyridine rings is 1. The van der Waals surface area contributed by atoms with Crippen molar-refractivity contribution in [2.24, 2.45) is 5.41 Å². The number of nitrogens with zero attached hydrogens (tertiary/aromatic N) is 1. The maximum absolute atomic E-state index is 10.9. The van der Waals surface area contributed by atoms with Gasteiger partial charge in [0.25, 0.3) is 0 Å². The van der Waals surface area contributed by atoms with Gasteiger partial charge in [-0.05, 0) is 24.0 Å². The minimum atomic E-state index is -1.18. The summed E-state index contributed by atoms with van der Waals surface area (Å²) in [6.45, 7) is 6.43. The molecule has 0 aliphatic heterocycles. The van der Waals surface area contributed by atoms with Crippen LogP contribution >= 0.6 is 11.6 Å². The molecular formula is C13H19ClN2O3. The molecule has 106 valence electrons. The summed E-state index contributed by atoms with van der Waals surface area (Å²) in [5.74, 6) is -0.793. The smallest absolute Gasteiger partial charge is 0.356 e. The molecule has 0 saturated heterocycles. The van der Waals surface area contributed by atoms with Crippen molar-refractivity contribution in [2.45, 2.75) is 33.3 Å². The Labute approximate surface area is 117 Å². The van der Waals surface area contributed by atoms with E-state index >= 15 is 0 Å². The molecule has 1 rings (SSSR count). The standard InChI is InChI=1S/C13H19ClN2O3/c1-13(2,3)6-8(17)7-15-10-5-4-9(14)11(16-10)12(18)19/h4-5,8,17H,6-7H2,1-3H3,(H,15,16)(H,18,19). The van der Waals surface area contributed by atoms with Gasteiger partial charge in [-0.2, -0.15) is 0 Å². The number of anilines is 1. The highest BCUT2D eigenvalue weighted by Crippen LogP contribution is 2.21. The molecule has 0 radical (unpaired) electrons. The normalized spacial score (nSPS) is 13.1. The van der Waals surface area contributed by atoms with Gasteiger partial charge < -0.3 is 15.5 Å². The number of aliphatic hydroxyl groups excluding tert-OH is 1. The number of nitrogens with one attached hydrogen (secondary N) is 1. The highest BCUT2D eigenvalue weighted by molar-refractivity contribution is 6.33. The quantitative estimate of drug-likeness (QED) is 0.775. The molecule has 0 bridgehead atoms. The monoisotopic (exact) mass is 286 g/mol. The second-order valence-electron chi connectivity index (χ2n) is 5.63. The van der Waals surface area contributed by atoms with E-state index in [1.165, 1.54) is 6.07 Å². The predicted molar refractivity (Wildman–Crippen MR) is 74.8 cm³/mol. The van der Waals surface area contributed by atoms with Crippen LogP contribution < -0.4 is 5.32 Å². The first-order valence-electron chi connectivity index (χ1n) is 6.01. The van der Waals surface area contributed by atoms with Crippen molar-refractivity contribution in [3.63, 3.8) is 0 Å². The summed E-state index contributed by atoms with van der Waals surface area (Å²) in [6, 6.07) is 3.05. The lowest BCUT2D eigenvalue weighted by Gasteiger charge is -2.22. The molecule has 19 heavy (non-hydrogen) atoms. The Kier molecular flexibility index (Phi) is 5.14. The topological polar surface area (TPSA) is 82.5 Å². The fraction of sp³-hybridized carbons (Fsp3) is 0.538. The maximum atomic E-state index is 10.9. The third-order valence-corrected chi connectivity index (χ3v) is 2.72. The van der Waals surface area contributed by atoms with Crippen LogP contribution in [0.15, 0.2) is 12.1 Å². The average Bonchev–Trinajstić information content (AvgIpc) is 2.25. The van der Waals surface area contributed by atoms with Crippen molar-refractivity contribution >= 4 is 23.4 Å². The van der Waals surface area contributed by atoms with E-state index in [-0.39, 0.29) is 16.1 Å². The Morgan fingerprint density at radius 1 is 1.47 bits per heavy atom. The van der Waals surface area contributed by atoms with E-state index in [0.717, 1.165) is 0 Å². The van der Waals surface area contributed by atoms with Gasteiger partial charge in [-0.3, -0.25) is 0 Å². The van der Waals surface area contributed by atoms with Crippen LogP contribution in [0.5, 0.6) is 0 Å². The van der Waals surface area contributed by atoms with Crippen LogP contribution in [0.2, 0.25) is 5.02 Å². The fourth-order valence-electron chi connectivity index (χ4n) is 1.69. The number of carboxylic acids is 1. The Balaban J connectivity index is 2.63. The molecule has 1 unspecified atom stereocenters. The molecule has 3 N–H and O–H groups in total. The van der Waals surface area contributed by atoms with E-state index in [1.807, 2.05) is 20.8 Å². The van der Waals surface area contributed by atoms with Crippen LogP contribution in [0.4, 0.5) is 5.82 Å². The second kappa shape index (κ2) is 6.21. The summed E-state index contributed by atoms with van der Waals surface area (Å²) in [7, 11) is 0. The maximum Gasteiger partial charge on any atom is 0.356 e. The van der Waals surface area contributed by atoms with Crippen molar-refractivity contribution in [3.8, 4) is 0 Å². The van der Waals surface area contributed by atoms with Crippen LogP contribution in [-0.2, 0) is 0 Å². The molecular weight excluding hydrogens is 268 g/mol. The Morgan fingerprint density at radius 2 is 2.11 bits per heavy atom. The summed E-state index contributed by atoms with van der Waals surface area (Å²) >= 11 is 5.72. The van der Waals surface area contributed by atoms with E-state index in [2.05, 4.69) is 10.3 Å². The molecule has 1 atom stereocenters. The molecule has 0 amide bonds. The molecule has 5 nitrogen and oxygen atoms in total. The molecule has 0 spiro atoms. The zero-order valence-electron chi connectivity index (χ0n) is 11.3. The molecule has 0 aromatic carbocycles. The van der Waals surface area contributed by atoms with Crippen molar-refractivity contribution < 1.29 is 15.0 Å². The molecule has 6 heteroatoms. The fourth-order valence-corrected chi connectivity index (χ4v) is 1.88. The number of carboxylic acid groups (broad SMARTS) is 1. The second-order valence-corrected chi connectivity index (χ2v) is 6.04. The molecule has 1 heterocycles.